The number of guanidine groups is 1. The lowest BCUT2D eigenvalue weighted by molar-refractivity contribution is 0.310. The standard InChI is InChI=1S/C16H27N3O2/c1-4-5-11-18-16(17-2)19-12-6-13-21-15-9-7-14(20-3)8-10-15/h7-10H,4-6,11-13H2,1-3H3,(H2,17,18,19). The van der Waals surface area contributed by atoms with E-state index in [1.807, 2.05) is 24.3 Å². The second-order valence-electron chi connectivity index (χ2n) is 4.66. The Morgan fingerprint density at radius 2 is 1.67 bits per heavy atom. The number of ether oxygens (including phenoxy) is 2. The molecule has 1 aromatic rings. The molecule has 1 aromatic carbocycles. The minimum absolute atomic E-state index is 0.672. The third-order valence-corrected chi connectivity index (χ3v) is 2.99. The van der Waals surface area contributed by atoms with E-state index in [1.54, 1.807) is 14.2 Å². The summed E-state index contributed by atoms with van der Waals surface area (Å²) in [5.41, 5.74) is 0. The molecule has 2 N–H and O–H groups in total. The minimum Gasteiger partial charge on any atom is -0.497 e. The molecule has 21 heavy (non-hydrogen) atoms. The van der Waals surface area contributed by atoms with Crippen LogP contribution >= 0.6 is 0 Å². The third-order valence-electron chi connectivity index (χ3n) is 2.99. The molecule has 0 aromatic heterocycles. The van der Waals surface area contributed by atoms with Crippen molar-refractivity contribution in [2.24, 2.45) is 4.99 Å². The van der Waals surface area contributed by atoms with Gasteiger partial charge in [-0.2, -0.15) is 0 Å². The fourth-order valence-electron chi connectivity index (χ4n) is 1.75. The maximum atomic E-state index is 5.66. The van der Waals surface area contributed by atoms with Crippen molar-refractivity contribution in [3.05, 3.63) is 24.3 Å². The minimum atomic E-state index is 0.672. The van der Waals surface area contributed by atoms with Crippen LogP contribution in [0.1, 0.15) is 26.2 Å². The largest absolute Gasteiger partial charge is 0.497 e. The molecule has 0 amide bonds. The molecule has 5 heteroatoms. The van der Waals surface area contributed by atoms with E-state index in [2.05, 4.69) is 22.5 Å². The predicted octanol–water partition coefficient (Wildman–Crippen LogP) is 2.43. The zero-order chi connectivity index (χ0) is 15.3. The number of rotatable bonds is 9. The van der Waals surface area contributed by atoms with Crippen LogP contribution in [-0.2, 0) is 0 Å². The van der Waals surface area contributed by atoms with Gasteiger partial charge < -0.3 is 20.1 Å². The van der Waals surface area contributed by atoms with Gasteiger partial charge in [-0.25, -0.2) is 0 Å². The number of aliphatic imine (C=N–C) groups is 1. The third kappa shape index (κ3) is 7.44. The number of nitrogens with one attached hydrogen (secondary N) is 2. The average Bonchev–Trinajstić information content (AvgIpc) is 2.53. The van der Waals surface area contributed by atoms with Crippen LogP contribution < -0.4 is 20.1 Å². The predicted molar refractivity (Wildman–Crippen MR) is 87.4 cm³/mol. The molecule has 118 valence electrons. The first kappa shape index (κ1) is 17.1. The van der Waals surface area contributed by atoms with Crippen molar-refractivity contribution >= 4 is 5.96 Å². The van der Waals surface area contributed by atoms with E-state index >= 15 is 0 Å². The summed E-state index contributed by atoms with van der Waals surface area (Å²) in [6, 6.07) is 7.62. The van der Waals surface area contributed by atoms with Crippen LogP contribution in [0, 0.1) is 0 Å². The topological polar surface area (TPSA) is 54.9 Å². The lowest BCUT2D eigenvalue weighted by atomic mass is 10.3. The van der Waals surface area contributed by atoms with Gasteiger partial charge in [0, 0.05) is 20.1 Å². The molecule has 5 nitrogen and oxygen atoms in total. The molecule has 0 aliphatic rings. The monoisotopic (exact) mass is 293 g/mol. The van der Waals surface area contributed by atoms with Crippen molar-refractivity contribution in [2.75, 3.05) is 33.9 Å². The Morgan fingerprint density at radius 1 is 1.05 bits per heavy atom. The van der Waals surface area contributed by atoms with Crippen LogP contribution in [0.25, 0.3) is 0 Å². The maximum Gasteiger partial charge on any atom is 0.190 e. The first-order valence-corrected chi connectivity index (χ1v) is 7.51. The van der Waals surface area contributed by atoms with E-state index in [9.17, 15) is 0 Å². The zero-order valence-corrected chi connectivity index (χ0v) is 13.3. The molecule has 0 spiro atoms. The van der Waals surface area contributed by atoms with Crippen molar-refractivity contribution in [3.8, 4) is 11.5 Å². The number of benzene rings is 1. The van der Waals surface area contributed by atoms with E-state index in [-0.39, 0.29) is 0 Å². The van der Waals surface area contributed by atoms with Crippen molar-refractivity contribution in [1.82, 2.24) is 10.6 Å². The van der Waals surface area contributed by atoms with Crippen LogP contribution in [0.15, 0.2) is 29.3 Å². The van der Waals surface area contributed by atoms with Crippen molar-refractivity contribution in [2.45, 2.75) is 26.2 Å². The summed E-state index contributed by atoms with van der Waals surface area (Å²) < 4.78 is 10.8. The fraction of sp³-hybridized carbons (Fsp3) is 0.562. The van der Waals surface area contributed by atoms with E-state index < -0.39 is 0 Å². The summed E-state index contributed by atoms with van der Waals surface area (Å²) in [6.07, 6.45) is 3.25. The van der Waals surface area contributed by atoms with Crippen LogP contribution in [-0.4, -0.2) is 39.8 Å². The first-order valence-electron chi connectivity index (χ1n) is 7.51. The number of nitrogens with zero attached hydrogens (tertiary/aromatic N) is 1. The maximum absolute atomic E-state index is 5.66. The van der Waals surface area contributed by atoms with Gasteiger partial charge in [-0.1, -0.05) is 13.3 Å². The van der Waals surface area contributed by atoms with Gasteiger partial charge in [-0.15, -0.1) is 0 Å². The number of unbranched alkanes of at least 4 members (excludes halogenated alkanes) is 1. The Morgan fingerprint density at radius 3 is 2.24 bits per heavy atom. The number of hydrogen-bond donors (Lipinski definition) is 2. The molecular weight excluding hydrogens is 266 g/mol. The van der Waals surface area contributed by atoms with Gasteiger partial charge in [0.1, 0.15) is 11.5 Å². The number of hydrogen-bond acceptors (Lipinski definition) is 3. The Labute approximate surface area is 127 Å². The summed E-state index contributed by atoms with van der Waals surface area (Å²) in [6.45, 7) is 4.64. The first-order chi connectivity index (χ1) is 10.3. The van der Waals surface area contributed by atoms with E-state index in [1.165, 1.54) is 6.42 Å². The van der Waals surface area contributed by atoms with Gasteiger partial charge in [0.25, 0.3) is 0 Å². The normalized spacial score (nSPS) is 11.1. The molecule has 0 saturated carbocycles. The molecule has 1 rings (SSSR count). The summed E-state index contributed by atoms with van der Waals surface area (Å²) in [5, 5.41) is 6.55. The van der Waals surface area contributed by atoms with Crippen molar-refractivity contribution in [3.63, 3.8) is 0 Å². The molecule has 0 saturated heterocycles. The molecule has 0 bridgehead atoms. The second kappa shape index (κ2) is 10.8. The highest BCUT2D eigenvalue weighted by molar-refractivity contribution is 5.79. The molecule has 0 radical (unpaired) electrons. The SMILES string of the molecule is CCCCNC(=NC)NCCCOc1ccc(OC)cc1. The Kier molecular flexibility index (Phi) is 8.84. The Balaban J connectivity index is 2.12. The van der Waals surface area contributed by atoms with Gasteiger partial charge in [0.15, 0.2) is 5.96 Å². The molecule has 0 unspecified atom stereocenters. The van der Waals surface area contributed by atoms with Gasteiger partial charge >= 0.3 is 0 Å². The molecule has 0 atom stereocenters. The highest BCUT2D eigenvalue weighted by atomic mass is 16.5. The smallest absolute Gasteiger partial charge is 0.190 e. The summed E-state index contributed by atoms with van der Waals surface area (Å²) in [7, 11) is 3.44. The second-order valence-corrected chi connectivity index (χ2v) is 4.66. The molecule has 0 heterocycles. The molecule has 0 aliphatic heterocycles. The van der Waals surface area contributed by atoms with Gasteiger partial charge in [0.2, 0.25) is 0 Å². The lowest BCUT2D eigenvalue weighted by Crippen LogP contribution is -2.38. The summed E-state index contributed by atoms with van der Waals surface area (Å²) in [4.78, 5) is 4.17. The Bertz CT molecular complexity index is 404. The average molecular weight is 293 g/mol. The van der Waals surface area contributed by atoms with Crippen LogP contribution in [0.4, 0.5) is 0 Å². The Hall–Kier alpha value is -1.91. The fourth-order valence-corrected chi connectivity index (χ4v) is 1.75. The highest BCUT2D eigenvalue weighted by Gasteiger charge is 1.97. The lowest BCUT2D eigenvalue weighted by Gasteiger charge is -2.12. The van der Waals surface area contributed by atoms with Crippen LogP contribution in [0.3, 0.4) is 0 Å². The van der Waals surface area contributed by atoms with E-state index in [4.69, 9.17) is 9.47 Å². The van der Waals surface area contributed by atoms with Gasteiger partial charge in [0.05, 0.1) is 13.7 Å². The van der Waals surface area contributed by atoms with Crippen molar-refractivity contribution in [1.29, 1.82) is 0 Å². The molecule has 0 fully saturated rings. The highest BCUT2D eigenvalue weighted by Crippen LogP contribution is 2.16. The molecule has 0 aliphatic carbocycles. The van der Waals surface area contributed by atoms with E-state index in [0.29, 0.717) is 6.61 Å². The van der Waals surface area contributed by atoms with Crippen LogP contribution in [0.2, 0.25) is 0 Å². The zero-order valence-electron chi connectivity index (χ0n) is 13.3. The van der Waals surface area contributed by atoms with Crippen LogP contribution in [0.5, 0.6) is 11.5 Å². The van der Waals surface area contributed by atoms with Gasteiger partial charge in [-0.05, 0) is 37.1 Å². The summed E-state index contributed by atoms with van der Waals surface area (Å²) in [5.74, 6) is 2.56. The van der Waals surface area contributed by atoms with Gasteiger partial charge in [-0.3, -0.25) is 4.99 Å². The van der Waals surface area contributed by atoms with Crippen molar-refractivity contribution < 1.29 is 9.47 Å². The number of methoxy groups -OCH3 is 1. The summed E-state index contributed by atoms with van der Waals surface area (Å²) >= 11 is 0. The quantitative estimate of drug-likeness (QED) is 0.417. The van der Waals surface area contributed by atoms with E-state index in [0.717, 1.165) is 43.4 Å². The molecular formula is C16H27N3O2.